The molecule has 2 N–H and O–H groups in total. The number of carbonyl (C=O) groups excluding carboxylic acids is 3. The van der Waals surface area contributed by atoms with Crippen LogP contribution in [-0.2, 0) is 9.59 Å². The molecular formula is C12H12N2O4. The minimum absolute atomic E-state index is 0.0147. The predicted octanol–water partition coefficient (Wildman–Crippen LogP) is -0.121. The lowest BCUT2D eigenvalue weighted by Gasteiger charge is -2.11. The van der Waals surface area contributed by atoms with Gasteiger partial charge in [-0.3, -0.25) is 19.3 Å². The molecule has 0 aliphatic carbocycles. The van der Waals surface area contributed by atoms with Crippen molar-refractivity contribution >= 4 is 17.7 Å². The van der Waals surface area contributed by atoms with E-state index in [9.17, 15) is 14.4 Å². The van der Waals surface area contributed by atoms with Crippen LogP contribution in [0.1, 0.15) is 16.8 Å². The van der Waals surface area contributed by atoms with Gasteiger partial charge in [-0.05, 0) is 24.3 Å². The number of likely N-dealkylation sites (N-methyl/N-ethyl adjacent to an activating group) is 1. The largest absolute Gasteiger partial charge is 0.508 e. The monoisotopic (exact) mass is 248 g/mol. The molecule has 0 bridgehead atoms. The first-order chi connectivity index (χ1) is 8.49. The lowest BCUT2D eigenvalue weighted by atomic mass is 10.1. The SMILES string of the molecule is CN1C(=O)CC(NC(=O)c2ccc(O)cc2)C1=O. The maximum Gasteiger partial charge on any atom is 0.252 e. The number of nitrogens with zero attached hydrogens (tertiary/aromatic N) is 1. The summed E-state index contributed by atoms with van der Waals surface area (Å²) in [5, 5.41) is 11.6. The Morgan fingerprint density at radius 2 is 1.94 bits per heavy atom. The molecule has 1 atom stereocenters. The number of benzene rings is 1. The third kappa shape index (κ3) is 2.17. The zero-order valence-electron chi connectivity index (χ0n) is 9.71. The van der Waals surface area contributed by atoms with Crippen molar-refractivity contribution < 1.29 is 19.5 Å². The number of carbonyl (C=O) groups is 3. The Kier molecular flexibility index (Phi) is 3.01. The van der Waals surface area contributed by atoms with Gasteiger partial charge in [0.1, 0.15) is 11.8 Å². The molecule has 6 nitrogen and oxygen atoms in total. The maximum atomic E-state index is 11.8. The molecular weight excluding hydrogens is 236 g/mol. The smallest absolute Gasteiger partial charge is 0.252 e. The molecule has 2 rings (SSSR count). The van der Waals surface area contributed by atoms with Crippen LogP contribution >= 0.6 is 0 Å². The average Bonchev–Trinajstić information content (AvgIpc) is 2.58. The number of likely N-dealkylation sites (tertiary alicyclic amines) is 1. The molecule has 1 aliphatic rings. The van der Waals surface area contributed by atoms with E-state index in [1.165, 1.54) is 31.3 Å². The fourth-order valence-electron chi connectivity index (χ4n) is 1.72. The number of aromatic hydroxyl groups is 1. The first-order valence-electron chi connectivity index (χ1n) is 5.39. The Morgan fingerprint density at radius 1 is 1.33 bits per heavy atom. The van der Waals surface area contributed by atoms with E-state index < -0.39 is 17.9 Å². The van der Waals surface area contributed by atoms with E-state index in [0.717, 1.165) is 4.90 Å². The summed E-state index contributed by atoms with van der Waals surface area (Å²) in [4.78, 5) is 35.7. The van der Waals surface area contributed by atoms with Crippen LogP contribution in [0.25, 0.3) is 0 Å². The fraction of sp³-hybridized carbons (Fsp3) is 0.250. The first-order valence-corrected chi connectivity index (χ1v) is 5.39. The maximum absolute atomic E-state index is 11.8. The quantitative estimate of drug-likeness (QED) is 0.714. The molecule has 1 aromatic carbocycles. The van der Waals surface area contributed by atoms with Crippen molar-refractivity contribution in [1.29, 1.82) is 0 Å². The first kappa shape index (κ1) is 12.1. The fourth-order valence-corrected chi connectivity index (χ4v) is 1.72. The van der Waals surface area contributed by atoms with Crippen molar-refractivity contribution in [2.24, 2.45) is 0 Å². The van der Waals surface area contributed by atoms with Crippen LogP contribution < -0.4 is 5.32 Å². The van der Waals surface area contributed by atoms with Crippen LogP contribution in [0.3, 0.4) is 0 Å². The molecule has 1 saturated heterocycles. The summed E-state index contributed by atoms with van der Waals surface area (Å²) in [5.74, 6) is -1.11. The van der Waals surface area contributed by atoms with Gasteiger partial charge in [0.05, 0.1) is 6.42 Å². The van der Waals surface area contributed by atoms with E-state index in [0.29, 0.717) is 5.56 Å². The Bertz CT molecular complexity index is 509. The minimum Gasteiger partial charge on any atom is -0.508 e. The van der Waals surface area contributed by atoms with E-state index in [1.807, 2.05) is 0 Å². The number of imide groups is 1. The van der Waals surface area contributed by atoms with Gasteiger partial charge in [0.25, 0.3) is 11.8 Å². The van der Waals surface area contributed by atoms with Crippen molar-refractivity contribution in [1.82, 2.24) is 10.2 Å². The summed E-state index contributed by atoms with van der Waals surface area (Å²) in [6, 6.07) is 4.83. The molecule has 6 heteroatoms. The predicted molar refractivity (Wildman–Crippen MR) is 61.8 cm³/mol. The van der Waals surface area contributed by atoms with Crippen LogP contribution in [0.2, 0.25) is 0 Å². The summed E-state index contributed by atoms with van der Waals surface area (Å²) in [6.07, 6.45) is -0.0147. The van der Waals surface area contributed by atoms with Crippen molar-refractivity contribution in [3.8, 4) is 5.75 Å². The number of phenols is 1. The van der Waals surface area contributed by atoms with Crippen molar-refractivity contribution in [3.05, 3.63) is 29.8 Å². The van der Waals surface area contributed by atoms with Gasteiger partial charge >= 0.3 is 0 Å². The number of amides is 3. The van der Waals surface area contributed by atoms with E-state index >= 15 is 0 Å². The average molecular weight is 248 g/mol. The number of hydrogen-bond donors (Lipinski definition) is 2. The molecule has 1 fully saturated rings. The van der Waals surface area contributed by atoms with Gasteiger partial charge in [-0.2, -0.15) is 0 Å². The standard InChI is InChI=1S/C12H12N2O4/c1-14-10(16)6-9(12(14)18)13-11(17)7-2-4-8(15)5-3-7/h2-5,9,15H,6H2,1H3,(H,13,17). The number of hydrogen-bond acceptors (Lipinski definition) is 4. The number of nitrogens with one attached hydrogen (secondary N) is 1. The van der Waals surface area contributed by atoms with Gasteiger partial charge in [0.2, 0.25) is 5.91 Å². The number of phenolic OH excluding ortho intramolecular Hbond substituents is 1. The normalized spacial score (nSPS) is 19.2. The van der Waals surface area contributed by atoms with Crippen LogP contribution in [0.5, 0.6) is 5.75 Å². The highest BCUT2D eigenvalue weighted by atomic mass is 16.3. The molecule has 18 heavy (non-hydrogen) atoms. The molecule has 1 aromatic rings. The summed E-state index contributed by atoms with van der Waals surface area (Å²) in [6.45, 7) is 0. The Labute approximate surface area is 103 Å². The topological polar surface area (TPSA) is 86.7 Å². The van der Waals surface area contributed by atoms with Gasteiger partial charge in [-0.25, -0.2) is 0 Å². The highest BCUT2D eigenvalue weighted by molar-refractivity contribution is 6.08. The molecule has 0 saturated carbocycles. The van der Waals surface area contributed by atoms with Crippen molar-refractivity contribution in [2.75, 3.05) is 7.05 Å². The van der Waals surface area contributed by atoms with Gasteiger partial charge in [0, 0.05) is 12.6 Å². The molecule has 0 aromatic heterocycles. The molecule has 3 amide bonds. The molecule has 1 heterocycles. The second kappa shape index (κ2) is 4.48. The highest BCUT2D eigenvalue weighted by Gasteiger charge is 2.36. The lowest BCUT2D eigenvalue weighted by molar-refractivity contribution is -0.137. The van der Waals surface area contributed by atoms with Crippen molar-refractivity contribution in [3.63, 3.8) is 0 Å². The lowest BCUT2D eigenvalue weighted by Crippen LogP contribution is -2.40. The second-order valence-electron chi connectivity index (χ2n) is 4.07. The zero-order valence-corrected chi connectivity index (χ0v) is 9.71. The zero-order chi connectivity index (χ0) is 13.3. The minimum atomic E-state index is -0.802. The van der Waals surface area contributed by atoms with E-state index in [-0.39, 0.29) is 18.1 Å². The van der Waals surface area contributed by atoms with Crippen molar-refractivity contribution in [2.45, 2.75) is 12.5 Å². The van der Waals surface area contributed by atoms with E-state index in [1.54, 1.807) is 0 Å². The third-order valence-electron chi connectivity index (χ3n) is 2.82. The van der Waals surface area contributed by atoms with Gasteiger partial charge in [0.15, 0.2) is 0 Å². The molecule has 0 spiro atoms. The Morgan fingerprint density at radius 3 is 2.44 bits per heavy atom. The van der Waals surface area contributed by atoms with Crippen LogP contribution in [0.15, 0.2) is 24.3 Å². The molecule has 1 unspecified atom stereocenters. The number of rotatable bonds is 2. The summed E-state index contributed by atoms with van der Waals surface area (Å²) in [5.41, 5.74) is 0.322. The summed E-state index contributed by atoms with van der Waals surface area (Å²) >= 11 is 0. The second-order valence-corrected chi connectivity index (χ2v) is 4.07. The summed E-state index contributed by atoms with van der Waals surface area (Å²) in [7, 11) is 1.39. The Balaban J connectivity index is 2.06. The summed E-state index contributed by atoms with van der Waals surface area (Å²) < 4.78 is 0. The third-order valence-corrected chi connectivity index (χ3v) is 2.82. The van der Waals surface area contributed by atoms with Gasteiger partial charge in [-0.1, -0.05) is 0 Å². The van der Waals surface area contributed by atoms with E-state index in [2.05, 4.69) is 5.32 Å². The van der Waals surface area contributed by atoms with E-state index in [4.69, 9.17) is 5.11 Å². The molecule has 94 valence electrons. The van der Waals surface area contributed by atoms with Gasteiger partial charge in [-0.15, -0.1) is 0 Å². The van der Waals surface area contributed by atoms with Crippen LogP contribution in [0.4, 0.5) is 0 Å². The molecule has 0 radical (unpaired) electrons. The molecule has 1 aliphatic heterocycles. The van der Waals surface area contributed by atoms with Crippen LogP contribution in [0, 0.1) is 0 Å². The Hall–Kier alpha value is -2.37. The van der Waals surface area contributed by atoms with Gasteiger partial charge < -0.3 is 10.4 Å². The highest BCUT2D eigenvalue weighted by Crippen LogP contribution is 2.13. The van der Waals surface area contributed by atoms with Crippen LogP contribution in [-0.4, -0.2) is 40.8 Å².